The van der Waals surface area contributed by atoms with E-state index in [2.05, 4.69) is 10.3 Å². The first-order chi connectivity index (χ1) is 11.6. The van der Waals surface area contributed by atoms with Gasteiger partial charge in [-0.25, -0.2) is 4.68 Å². The van der Waals surface area contributed by atoms with Gasteiger partial charge in [0.1, 0.15) is 0 Å². The first kappa shape index (κ1) is 15.5. The van der Waals surface area contributed by atoms with Crippen molar-refractivity contribution in [2.24, 2.45) is 0 Å². The van der Waals surface area contributed by atoms with E-state index in [1.807, 2.05) is 21.0 Å². The number of carbonyl (C=O) groups is 2. The van der Waals surface area contributed by atoms with Crippen LogP contribution in [0.15, 0.2) is 17.6 Å². The Morgan fingerprint density at radius 1 is 1.46 bits per heavy atom. The van der Waals surface area contributed by atoms with Crippen molar-refractivity contribution < 1.29 is 14.3 Å². The summed E-state index contributed by atoms with van der Waals surface area (Å²) in [7, 11) is 0. The summed E-state index contributed by atoms with van der Waals surface area (Å²) in [5, 5.41) is 9.99. The van der Waals surface area contributed by atoms with Crippen LogP contribution in [0.25, 0.3) is 0 Å². The topological polar surface area (TPSA) is 77.3 Å². The third-order valence-corrected chi connectivity index (χ3v) is 5.72. The van der Waals surface area contributed by atoms with E-state index >= 15 is 0 Å². The Morgan fingerprint density at radius 3 is 3.12 bits per heavy atom. The fourth-order valence-electron chi connectivity index (χ4n) is 3.35. The Bertz CT molecular complexity index is 784. The summed E-state index contributed by atoms with van der Waals surface area (Å²) in [6.07, 6.45) is 2.93. The summed E-state index contributed by atoms with van der Waals surface area (Å²) in [5.74, 6) is 0.117. The molecule has 0 spiro atoms. The zero-order chi connectivity index (χ0) is 16.7. The molecular weight excluding hydrogens is 328 g/mol. The van der Waals surface area contributed by atoms with Gasteiger partial charge in [0.15, 0.2) is 5.78 Å². The molecule has 24 heavy (non-hydrogen) atoms. The molecule has 0 bridgehead atoms. The molecule has 1 fully saturated rings. The van der Waals surface area contributed by atoms with Gasteiger partial charge in [0.25, 0.3) is 0 Å². The second kappa shape index (κ2) is 6.10. The van der Waals surface area contributed by atoms with Crippen LogP contribution in [0.3, 0.4) is 0 Å². The molecule has 2 aromatic rings. The van der Waals surface area contributed by atoms with Crippen LogP contribution >= 0.6 is 11.3 Å². The Hall–Kier alpha value is -2.06. The number of aromatic nitrogens is 3. The second-order valence-corrected chi connectivity index (χ2v) is 7.18. The normalized spacial score (nSPS) is 22.8. The zero-order valence-electron chi connectivity index (χ0n) is 13.3. The molecule has 4 heterocycles. The third kappa shape index (κ3) is 2.76. The van der Waals surface area contributed by atoms with Gasteiger partial charge in [-0.3, -0.25) is 9.59 Å². The molecule has 0 saturated carbocycles. The van der Waals surface area contributed by atoms with Crippen molar-refractivity contribution >= 4 is 23.0 Å². The van der Waals surface area contributed by atoms with Crippen LogP contribution < -0.4 is 0 Å². The van der Waals surface area contributed by atoms with E-state index in [0.29, 0.717) is 31.0 Å². The molecule has 126 valence electrons. The maximum atomic E-state index is 12.6. The molecule has 1 amide bonds. The van der Waals surface area contributed by atoms with Crippen molar-refractivity contribution in [3.63, 3.8) is 0 Å². The van der Waals surface area contributed by atoms with E-state index in [-0.39, 0.29) is 23.8 Å². The Kier molecular flexibility index (Phi) is 3.93. The molecule has 2 aromatic heterocycles. The minimum atomic E-state index is 0.0317. The monoisotopic (exact) mass is 346 g/mol. The number of rotatable bonds is 3. The smallest absolute Gasteiger partial charge is 0.227 e. The van der Waals surface area contributed by atoms with Crippen molar-refractivity contribution in [2.75, 3.05) is 13.1 Å². The van der Waals surface area contributed by atoms with Crippen molar-refractivity contribution in [1.29, 1.82) is 0 Å². The Labute approximate surface area is 143 Å². The lowest BCUT2D eigenvalue weighted by Gasteiger charge is -2.41. The van der Waals surface area contributed by atoms with E-state index in [4.69, 9.17) is 4.74 Å². The molecule has 8 heteroatoms. The number of hydrogen-bond acceptors (Lipinski definition) is 6. The van der Waals surface area contributed by atoms with Gasteiger partial charge in [0.05, 0.1) is 41.9 Å². The number of hydrogen-bond donors (Lipinski definition) is 0. The van der Waals surface area contributed by atoms with Crippen LogP contribution in [0.5, 0.6) is 0 Å². The van der Waals surface area contributed by atoms with E-state index in [1.54, 1.807) is 13.1 Å². The first-order valence-corrected chi connectivity index (χ1v) is 8.86. The number of fused-ring (bicyclic) bond motifs is 3. The number of nitrogens with zero attached hydrogens (tertiary/aromatic N) is 4. The fraction of sp³-hybridized carbons (Fsp3) is 0.500. The standard InChI is InChI=1S/C16H18N4O3S/c1-10(21)15-4-11(9-24-15)5-16(22)19-3-2-14-13(7-19)20-12(8-23-14)6-17-18-20/h4,6,9,13-14H,2-3,5,7-8H2,1H3/t13-,14+/m0/s1. The molecular formula is C16H18N4O3S. The highest BCUT2D eigenvalue weighted by Crippen LogP contribution is 2.30. The van der Waals surface area contributed by atoms with E-state index in [1.165, 1.54) is 11.3 Å². The average molecular weight is 346 g/mol. The largest absolute Gasteiger partial charge is 0.370 e. The lowest BCUT2D eigenvalue weighted by atomic mass is 10.00. The molecule has 7 nitrogen and oxygen atoms in total. The van der Waals surface area contributed by atoms with Crippen LogP contribution in [0, 0.1) is 0 Å². The average Bonchev–Trinajstić information content (AvgIpc) is 3.23. The SMILES string of the molecule is CC(=O)c1cc(CC(=O)N2CC[C@H]3OCc4cnnn4[C@H]3C2)cs1. The van der Waals surface area contributed by atoms with Gasteiger partial charge in [-0.05, 0) is 30.4 Å². The fourth-order valence-corrected chi connectivity index (χ4v) is 4.16. The van der Waals surface area contributed by atoms with Crippen molar-refractivity contribution in [3.8, 4) is 0 Å². The van der Waals surface area contributed by atoms with Gasteiger partial charge in [-0.1, -0.05) is 5.21 Å². The minimum absolute atomic E-state index is 0.0317. The van der Waals surface area contributed by atoms with E-state index in [0.717, 1.165) is 17.7 Å². The molecule has 0 aromatic carbocycles. The van der Waals surface area contributed by atoms with Crippen molar-refractivity contribution in [1.82, 2.24) is 19.9 Å². The zero-order valence-corrected chi connectivity index (χ0v) is 14.2. The molecule has 4 rings (SSSR count). The highest BCUT2D eigenvalue weighted by atomic mass is 32.1. The van der Waals surface area contributed by atoms with Gasteiger partial charge in [-0.2, -0.15) is 0 Å². The van der Waals surface area contributed by atoms with Gasteiger partial charge in [0.2, 0.25) is 5.91 Å². The maximum Gasteiger partial charge on any atom is 0.227 e. The highest BCUT2D eigenvalue weighted by Gasteiger charge is 2.37. The number of ketones is 1. The summed E-state index contributed by atoms with van der Waals surface area (Å²) in [4.78, 5) is 26.6. The van der Waals surface area contributed by atoms with Gasteiger partial charge in [-0.15, -0.1) is 16.4 Å². The summed E-state index contributed by atoms with van der Waals surface area (Å²) >= 11 is 1.39. The van der Waals surface area contributed by atoms with Crippen LogP contribution in [-0.4, -0.2) is 50.8 Å². The number of Topliss-reactive ketones (excluding diaryl/α,β-unsaturated/α-hetero) is 1. The Balaban J connectivity index is 1.45. The molecule has 0 radical (unpaired) electrons. The molecule has 1 saturated heterocycles. The molecule has 0 N–H and O–H groups in total. The van der Waals surface area contributed by atoms with Gasteiger partial charge < -0.3 is 9.64 Å². The second-order valence-electron chi connectivity index (χ2n) is 6.27. The predicted octanol–water partition coefficient (Wildman–Crippen LogP) is 1.46. The van der Waals surface area contributed by atoms with Gasteiger partial charge >= 0.3 is 0 Å². The van der Waals surface area contributed by atoms with Crippen molar-refractivity contribution in [2.45, 2.75) is 38.5 Å². The van der Waals surface area contributed by atoms with Gasteiger partial charge in [0, 0.05) is 13.1 Å². The predicted molar refractivity (Wildman–Crippen MR) is 86.9 cm³/mol. The molecule has 0 aliphatic carbocycles. The molecule has 2 atom stereocenters. The van der Waals surface area contributed by atoms with Crippen LogP contribution in [0.2, 0.25) is 0 Å². The summed E-state index contributed by atoms with van der Waals surface area (Å²) in [6.45, 7) is 3.35. The van der Waals surface area contributed by atoms with E-state index in [9.17, 15) is 9.59 Å². The lowest BCUT2D eigenvalue weighted by molar-refractivity contribution is -0.137. The number of likely N-dealkylation sites (tertiary alicyclic amines) is 1. The third-order valence-electron chi connectivity index (χ3n) is 4.64. The first-order valence-electron chi connectivity index (χ1n) is 7.98. The number of carbonyl (C=O) groups excluding carboxylic acids is 2. The van der Waals surface area contributed by atoms with Crippen molar-refractivity contribution in [3.05, 3.63) is 33.8 Å². The Morgan fingerprint density at radius 2 is 2.33 bits per heavy atom. The van der Waals surface area contributed by atoms with E-state index < -0.39 is 0 Å². The van der Waals surface area contributed by atoms with Crippen LogP contribution in [-0.2, 0) is 22.6 Å². The van der Waals surface area contributed by atoms with Crippen LogP contribution in [0.4, 0.5) is 0 Å². The van der Waals surface area contributed by atoms with Crippen LogP contribution in [0.1, 0.15) is 40.3 Å². The quantitative estimate of drug-likeness (QED) is 0.786. The number of amides is 1. The maximum absolute atomic E-state index is 12.6. The summed E-state index contributed by atoms with van der Waals surface area (Å²) < 4.78 is 7.76. The number of ether oxygens (including phenoxy) is 1. The minimum Gasteiger partial charge on any atom is -0.370 e. The summed E-state index contributed by atoms with van der Waals surface area (Å²) in [6, 6.07) is 1.85. The number of piperidine rings is 1. The molecule has 2 aliphatic heterocycles. The molecule has 2 aliphatic rings. The summed E-state index contributed by atoms with van der Waals surface area (Å²) in [5.41, 5.74) is 1.85. The lowest BCUT2D eigenvalue weighted by Crippen LogP contribution is -2.50. The molecule has 0 unspecified atom stereocenters. The number of thiophene rings is 1. The highest BCUT2D eigenvalue weighted by molar-refractivity contribution is 7.12.